The molecule has 37 heavy (non-hydrogen) atoms. The van der Waals surface area contributed by atoms with Gasteiger partial charge < -0.3 is 15.5 Å². The molecule has 0 radical (unpaired) electrons. The molecule has 0 saturated carbocycles. The van der Waals surface area contributed by atoms with Gasteiger partial charge in [0.2, 0.25) is 11.8 Å². The number of anilines is 1. The van der Waals surface area contributed by atoms with Crippen molar-refractivity contribution in [2.75, 3.05) is 18.4 Å². The molecule has 0 aliphatic rings. The van der Waals surface area contributed by atoms with E-state index in [1.165, 1.54) is 17.0 Å². The lowest BCUT2D eigenvalue weighted by atomic mass is 10.0. The van der Waals surface area contributed by atoms with E-state index in [9.17, 15) is 18.8 Å². The zero-order chi connectivity index (χ0) is 26.6. The summed E-state index contributed by atoms with van der Waals surface area (Å²) < 4.78 is 13.4. The molecule has 0 fully saturated rings. The fourth-order valence-electron chi connectivity index (χ4n) is 3.84. The Morgan fingerprint density at radius 1 is 0.811 bits per heavy atom. The molecule has 3 rings (SSSR count). The number of amides is 3. The first-order valence-corrected chi connectivity index (χ1v) is 12.6. The second-order valence-electron chi connectivity index (χ2n) is 9.13. The second-order valence-corrected chi connectivity index (χ2v) is 9.13. The summed E-state index contributed by atoms with van der Waals surface area (Å²) >= 11 is 0. The number of nitrogens with one attached hydrogen (secondary N) is 2. The molecule has 0 aliphatic heterocycles. The van der Waals surface area contributed by atoms with Gasteiger partial charge in [0.05, 0.1) is 6.54 Å². The Bertz CT molecular complexity index is 1180. The highest BCUT2D eigenvalue weighted by atomic mass is 19.1. The number of aryl methyl sites for hydroxylation is 2. The Balaban J connectivity index is 1.63. The summed E-state index contributed by atoms with van der Waals surface area (Å²) in [4.78, 5) is 39.7. The van der Waals surface area contributed by atoms with Gasteiger partial charge in [-0.2, -0.15) is 0 Å². The molecular weight excluding hydrogens is 469 g/mol. The van der Waals surface area contributed by atoms with Gasteiger partial charge in [0.25, 0.3) is 5.91 Å². The van der Waals surface area contributed by atoms with Crippen LogP contribution in [0.1, 0.15) is 53.2 Å². The summed E-state index contributed by atoms with van der Waals surface area (Å²) in [6.07, 6.45) is 4.35. The van der Waals surface area contributed by atoms with Crippen molar-refractivity contribution in [1.29, 1.82) is 0 Å². The lowest BCUT2D eigenvalue weighted by Gasteiger charge is -2.23. The Morgan fingerprint density at radius 2 is 1.46 bits per heavy atom. The summed E-state index contributed by atoms with van der Waals surface area (Å²) in [7, 11) is 0. The molecule has 6 nitrogen and oxygen atoms in total. The lowest BCUT2D eigenvalue weighted by Crippen LogP contribution is -2.42. The molecule has 0 aliphatic carbocycles. The number of nitrogens with zero attached hydrogens (tertiary/aromatic N) is 1. The van der Waals surface area contributed by atoms with E-state index in [4.69, 9.17) is 0 Å². The fraction of sp³-hybridized carbons (Fsp3) is 0.300. The van der Waals surface area contributed by atoms with E-state index in [0.29, 0.717) is 16.8 Å². The molecule has 3 aromatic rings. The first-order valence-electron chi connectivity index (χ1n) is 12.6. The van der Waals surface area contributed by atoms with Crippen LogP contribution >= 0.6 is 0 Å². The smallest absolute Gasteiger partial charge is 0.254 e. The zero-order valence-electron chi connectivity index (χ0n) is 21.4. The van der Waals surface area contributed by atoms with E-state index < -0.39 is 5.91 Å². The minimum Gasteiger partial charge on any atom is -0.345 e. The number of carbonyl (C=O) groups excluding carboxylic acids is 3. The van der Waals surface area contributed by atoms with E-state index in [1.54, 1.807) is 36.4 Å². The van der Waals surface area contributed by atoms with Crippen LogP contribution in [0.5, 0.6) is 0 Å². The van der Waals surface area contributed by atoms with Crippen molar-refractivity contribution >= 4 is 23.4 Å². The molecule has 3 amide bonds. The SMILES string of the molecule is CCCCCc1ccc(C(=O)N(CC(=O)NCC(=O)Nc2ccc(C)cc2)Cc2ccc(F)cc2)cc1. The first kappa shape index (κ1) is 27.6. The van der Waals surface area contributed by atoms with Gasteiger partial charge in [0.1, 0.15) is 12.4 Å². The van der Waals surface area contributed by atoms with Crippen molar-refractivity contribution in [3.8, 4) is 0 Å². The van der Waals surface area contributed by atoms with Crippen LogP contribution in [0.25, 0.3) is 0 Å². The van der Waals surface area contributed by atoms with Crippen LogP contribution in [-0.4, -0.2) is 35.7 Å². The van der Waals surface area contributed by atoms with Crippen LogP contribution in [0.15, 0.2) is 72.8 Å². The number of unbranched alkanes of at least 4 members (excludes halogenated alkanes) is 2. The number of hydrogen-bond donors (Lipinski definition) is 2. The Labute approximate surface area is 217 Å². The Kier molecular flexibility index (Phi) is 10.4. The van der Waals surface area contributed by atoms with Crippen LogP contribution in [0.2, 0.25) is 0 Å². The van der Waals surface area contributed by atoms with Gasteiger partial charge in [-0.3, -0.25) is 14.4 Å². The third-order valence-electron chi connectivity index (χ3n) is 5.96. The van der Waals surface area contributed by atoms with Crippen molar-refractivity contribution in [3.05, 3.63) is 101 Å². The van der Waals surface area contributed by atoms with Gasteiger partial charge in [0, 0.05) is 17.8 Å². The molecule has 0 atom stereocenters. The van der Waals surface area contributed by atoms with Crippen molar-refractivity contribution in [2.45, 2.75) is 46.1 Å². The first-order chi connectivity index (χ1) is 17.8. The molecule has 0 spiro atoms. The standard InChI is InChI=1S/C30H34FN3O3/c1-3-4-5-6-23-9-13-25(14-10-23)30(37)34(20-24-11-15-26(31)16-12-24)21-29(36)32-19-28(35)33-27-17-7-22(2)8-18-27/h7-18H,3-6,19-21H2,1-2H3,(H,32,36)(H,33,35). The molecular formula is C30H34FN3O3. The predicted octanol–water partition coefficient (Wildman–Crippen LogP) is 5.26. The summed E-state index contributed by atoms with van der Waals surface area (Å²) in [5, 5.41) is 5.30. The van der Waals surface area contributed by atoms with Crippen molar-refractivity contribution in [3.63, 3.8) is 0 Å². The van der Waals surface area contributed by atoms with Crippen LogP contribution in [-0.2, 0) is 22.6 Å². The number of benzene rings is 3. The van der Waals surface area contributed by atoms with Gasteiger partial charge in [-0.15, -0.1) is 0 Å². The topological polar surface area (TPSA) is 78.5 Å². The van der Waals surface area contributed by atoms with E-state index >= 15 is 0 Å². The zero-order valence-corrected chi connectivity index (χ0v) is 21.4. The highest BCUT2D eigenvalue weighted by Gasteiger charge is 2.20. The summed E-state index contributed by atoms with van der Waals surface area (Å²) in [6.45, 7) is 3.77. The van der Waals surface area contributed by atoms with Gasteiger partial charge in [-0.1, -0.05) is 61.7 Å². The van der Waals surface area contributed by atoms with E-state index in [0.717, 1.165) is 36.8 Å². The maximum atomic E-state index is 13.4. The van der Waals surface area contributed by atoms with E-state index in [1.807, 2.05) is 31.2 Å². The minimum atomic E-state index is -0.467. The number of halogens is 1. The highest BCUT2D eigenvalue weighted by Crippen LogP contribution is 2.14. The van der Waals surface area contributed by atoms with Gasteiger partial charge in [0.15, 0.2) is 0 Å². The third-order valence-corrected chi connectivity index (χ3v) is 5.96. The maximum Gasteiger partial charge on any atom is 0.254 e. The number of carbonyl (C=O) groups is 3. The molecule has 194 valence electrons. The maximum absolute atomic E-state index is 13.4. The normalized spacial score (nSPS) is 10.6. The van der Waals surface area contributed by atoms with E-state index in [-0.39, 0.29) is 37.3 Å². The molecule has 0 saturated heterocycles. The quantitative estimate of drug-likeness (QED) is 0.331. The predicted molar refractivity (Wildman–Crippen MR) is 144 cm³/mol. The van der Waals surface area contributed by atoms with Crippen LogP contribution < -0.4 is 10.6 Å². The largest absolute Gasteiger partial charge is 0.345 e. The Morgan fingerprint density at radius 3 is 2.11 bits per heavy atom. The number of hydrogen-bond acceptors (Lipinski definition) is 3. The van der Waals surface area contributed by atoms with Gasteiger partial charge >= 0.3 is 0 Å². The third kappa shape index (κ3) is 9.18. The lowest BCUT2D eigenvalue weighted by molar-refractivity contribution is -0.124. The molecule has 0 heterocycles. The van der Waals surface area contributed by atoms with Crippen molar-refractivity contribution < 1.29 is 18.8 Å². The molecule has 3 aromatic carbocycles. The van der Waals surface area contributed by atoms with Crippen molar-refractivity contribution in [1.82, 2.24) is 10.2 Å². The molecule has 0 aromatic heterocycles. The molecule has 0 unspecified atom stereocenters. The van der Waals surface area contributed by atoms with Crippen LogP contribution in [0.3, 0.4) is 0 Å². The second kappa shape index (κ2) is 13.9. The van der Waals surface area contributed by atoms with Crippen molar-refractivity contribution in [2.24, 2.45) is 0 Å². The monoisotopic (exact) mass is 503 g/mol. The molecule has 7 heteroatoms. The van der Waals surface area contributed by atoms with Crippen LogP contribution in [0.4, 0.5) is 10.1 Å². The molecule has 0 bridgehead atoms. The number of rotatable bonds is 12. The Hall–Kier alpha value is -4.00. The van der Waals surface area contributed by atoms with Gasteiger partial charge in [-0.25, -0.2) is 4.39 Å². The highest BCUT2D eigenvalue weighted by molar-refractivity contribution is 5.98. The average molecular weight is 504 g/mol. The van der Waals surface area contributed by atoms with Crippen LogP contribution in [0, 0.1) is 12.7 Å². The minimum absolute atomic E-state index is 0.125. The summed E-state index contributed by atoms with van der Waals surface area (Å²) in [5.74, 6) is -1.53. The summed E-state index contributed by atoms with van der Waals surface area (Å²) in [6, 6.07) is 20.6. The fourth-order valence-corrected chi connectivity index (χ4v) is 3.84. The average Bonchev–Trinajstić information content (AvgIpc) is 2.90. The van der Waals surface area contributed by atoms with Gasteiger partial charge in [-0.05, 0) is 67.3 Å². The summed E-state index contributed by atoms with van der Waals surface area (Å²) in [5.41, 5.74) is 4.02. The molecule has 2 N–H and O–H groups in total. The van der Waals surface area contributed by atoms with E-state index in [2.05, 4.69) is 17.6 Å².